The van der Waals surface area contributed by atoms with Gasteiger partial charge in [0.05, 0.1) is 0 Å². The first-order valence-corrected chi connectivity index (χ1v) is 9.35. The van der Waals surface area contributed by atoms with Gasteiger partial charge < -0.3 is 9.88 Å². The van der Waals surface area contributed by atoms with E-state index in [4.69, 9.17) is 0 Å². The van der Waals surface area contributed by atoms with Crippen LogP contribution in [0.4, 0.5) is 14.5 Å². The summed E-state index contributed by atoms with van der Waals surface area (Å²) in [6.07, 6.45) is 5.50. The molecule has 1 aliphatic heterocycles. The van der Waals surface area contributed by atoms with Gasteiger partial charge in [0, 0.05) is 48.4 Å². The molecule has 1 aliphatic carbocycles. The van der Waals surface area contributed by atoms with Crippen LogP contribution in [0.15, 0.2) is 30.5 Å². The van der Waals surface area contributed by atoms with E-state index in [0.29, 0.717) is 5.69 Å². The van der Waals surface area contributed by atoms with Crippen molar-refractivity contribution in [1.82, 2.24) is 9.55 Å². The monoisotopic (exact) mass is 359 g/mol. The number of aromatic nitrogens is 2. The molecule has 138 valence electrons. The van der Waals surface area contributed by atoms with Crippen molar-refractivity contribution in [3.05, 3.63) is 36.2 Å². The standard InChI is InChI=1S/C20H23F2N3O/c21-20(22)10-8-15(9-11-20)19(26)24-16-6-4-14(5-7-16)18-23-13-17-3-1-2-12-25(17)18/h4-7,13,15H,1-3,8-12H2,(H,24,26). The fraction of sp³-hybridized carbons (Fsp3) is 0.500. The number of hydrogen-bond donors (Lipinski definition) is 1. The van der Waals surface area contributed by atoms with Crippen molar-refractivity contribution < 1.29 is 13.6 Å². The number of nitrogens with zero attached hydrogens (tertiary/aromatic N) is 2. The molecule has 1 amide bonds. The molecule has 0 unspecified atom stereocenters. The highest BCUT2D eigenvalue weighted by molar-refractivity contribution is 5.92. The maximum atomic E-state index is 13.2. The first-order valence-electron chi connectivity index (χ1n) is 9.35. The number of nitrogens with one attached hydrogen (secondary N) is 1. The Morgan fingerprint density at radius 3 is 2.62 bits per heavy atom. The zero-order valence-electron chi connectivity index (χ0n) is 14.7. The molecule has 1 aromatic heterocycles. The number of imidazole rings is 1. The second kappa shape index (κ2) is 6.82. The number of carbonyl (C=O) groups excluding carboxylic acids is 1. The molecule has 0 radical (unpaired) electrons. The molecule has 1 N–H and O–H groups in total. The summed E-state index contributed by atoms with van der Waals surface area (Å²) in [6.45, 7) is 0.996. The molecule has 1 aromatic carbocycles. The first-order chi connectivity index (χ1) is 12.5. The van der Waals surface area contributed by atoms with Gasteiger partial charge in [-0.1, -0.05) is 0 Å². The number of fused-ring (bicyclic) bond motifs is 1. The third-order valence-corrected chi connectivity index (χ3v) is 5.50. The number of hydrogen-bond acceptors (Lipinski definition) is 2. The highest BCUT2D eigenvalue weighted by atomic mass is 19.3. The third kappa shape index (κ3) is 3.50. The van der Waals surface area contributed by atoms with Gasteiger partial charge in [-0.15, -0.1) is 0 Å². The average Bonchev–Trinajstić information content (AvgIpc) is 3.06. The molecule has 6 heteroatoms. The largest absolute Gasteiger partial charge is 0.328 e. The van der Waals surface area contributed by atoms with Crippen molar-refractivity contribution in [3.63, 3.8) is 0 Å². The first kappa shape index (κ1) is 17.2. The minimum Gasteiger partial charge on any atom is -0.328 e. The summed E-state index contributed by atoms with van der Waals surface area (Å²) < 4.78 is 28.7. The molecule has 26 heavy (non-hydrogen) atoms. The fourth-order valence-corrected chi connectivity index (χ4v) is 3.92. The Morgan fingerprint density at radius 1 is 1.15 bits per heavy atom. The smallest absolute Gasteiger partial charge is 0.248 e. The van der Waals surface area contributed by atoms with Gasteiger partial charge >= 0.3 is 0 Å². The normalized spacial score (nSPS) is 19.8. The molecule has 1 fully saturated rings. The lowest BCUT2D eigenvalue weighted by molar-refractivity contribution is -0.124. The fourth-order valence-electron chi connectivity index (χ4n) is 3.92. The van der Waals surface area contributed by atoms with Crippen molar-refractivity contribution in [2.75, 3.05) is 5.32 Å². The van der Waals surface area contributed by atoms with Crippen LogP contribution >= 0.6 is 0 Å². The predicted molar refractivity (Wildman–Crippen MR) is 96.1 cm³/mol. The van der Waals surface area contributed by atoms with E-state index in [1.807, 2.05) is 30.5 Å². The van der Waals surface area contributed by atoms with Gasteiger partial charge in [-0.2, -0.15) is 0 Å². The van der Waals surface area contributed by atoms with Crippen LogP contribution in [0.2, 0.25) is 0 Å². The zero-order valence-corrected chi connectivity index (χ0v) is 14.7. The zero-order chi connectivity index (χ0) is 18.1. The minimum atomic E-state index is -2.61. The van der Waals surface area contributed by atoms with E-state index >= 15 is 0 Å². The maximum absolute atomic E-state index is 13.2. The van der Waals surface area contributed by atoms with Crippen molar-refractivity contribution in [2.45, 2.75) is 57.4 Å². The molecule has 0 atom stereocenters. The molecule has 2 aromatic rings. The lowest BCUT2D eigenvalue weighted by Crippen LogP contribution is -2.31. The Hall–Kier alpha value is -2.24. The number of amides is 1. The van der Waals surface area contributed by atoms with Crippen LogP contribution in [0, 0.1) is 5.92 Å². The van der Waals surface area contributed by atoms with Crippen LogP contribution in [-0.2, 0) is 17.8 Å². The van der Waals surface area contributed by atoms with Crippen LogP contribution < -0.4 is 5.32 Å². The Balaban J connectivity index is 1.42. The van der Waals surface area contributed by atoms with E-state index in [1.165, 1.54) is 18.5 Å². The van der Waals surface area contributed by atoms with Gasteiger partial charge in [0.2, 0.25) is 11.8 Å². The van der Waals surface area contributed by atoms with Crippen LogP contribution in [-0.4, -0.2) is 21.4 Å². The molecule has 2 aliphatic rings. The van der Waals surface area contributed by atoms with Gasteiger partial charge in [-0.3, -0.25) is 4.79 Å². The minimum absolute atomic E-state index is 0.161. The summed E-state index contributed by atoms with van der Waals surface area (Å²) in [4.78, 5) is 16.9. The highest BCUT2D eigenvalue weighted by Gasteiger charge is 2.37. The molecule has 1 saturated carbocycles. The second-order valence-electron chi connectivity index (χ2n) is 7.38. The van der Waals surface area contributed by atoms with E-state index in [9.17, 15) is 13.6 Å². The van der Waals surface area contributed by atoms with Crippen molar-refractivity contribution in [2.24, 2.45) is 5.92 Å². The Labute approximate surface area is 151 Å². The topological polar surface area (TPSA) is 46.9 Å². The van der Waals surface area contributed by atoms with E-state index in [0.717, 1.165) is 24.4 Å². The van der Waals surface area contributed by atoms with Crippen LogP contribution in [0.1, 0.15) is 44.2 Å². The number of anilines is 1. The number of aryl methyl sites for hydroxylation is 1. The Kier molecular flexibility index (Phi) is 4.51. The Morgan fingerprint density at radius 2 is 1.88 bits per heavy atom. The summed E-state index contributed by atoms with van der Waals surface area (Å²) >= 11 is 0. The van der Waals surface area contributed by atoms with E-state index < -0.39 is 5.92 Å². The van der Waals surface area contributed by atoms with Crippen molar-refractivity contribution >= 4 is 11.6 Å². The van der Waals surface area contributed by atoms with E-state index in [1.54, 1.807) is 0 Å². The summed E-state index contributed by atoms with van der Waals surface area (Å²) in [7, 11) is 0. The van der Waals surface area contributed by atoms with Crippen LogP contribution in [0.3, 0.4) is 0 Å². The van der Waals surface area contributed by atoms with Crippen LogP contribution in [0.5, 0.6) is 0 Å². The molecular weight excluding hydrogens is 336 g/mol. The molecule has 2 heterocycles. The number of carbonyl (C=O) groups is 1. The average molecular weight is 359 g/mol. The van der Waals surface area contributed by atoms with Crippen molar-refractivity contribution in [3.8, 4) is 11.4 Å². The SMILES string of the molecule is O=C(Nc1ccc(-c2ncc3n2CCCC3)cc1)C1CCC(F)(F)CC1. The summed E-state index contributed by atoms with van der Waals surface area (Å²) in [5, 5.41) is 2.86. The second-order valence-corrected chi connectivity index (χ2v) is 7.38. The summed E-state index contributed by atoms with van der Waals surface area (Å²) in [5.41, 5.74) is 2.99. The van der Waals surface area contributed by atoms with Crippen LogP contribution in [0.25, 0.3) is 11.4 Å². The molecular formula is C20H23F2N3O. The summed E-state index contributed by atoms with van der Waals surface area (Å²) in [6, 6.07) is 7.62. The number of rotatable bonds is 3. The summed E-state index contributed by atoms with van der Waals surface area (Å²) in [5.74, 6) is -2.13. The van der Waals surface area contributed by atoms with Gasteiger partial charge in [0.25, 0.3) is 0 Å². The van der Waals surface area contributed by atoms with Gasteiger partial charge in [-0.05, 0) is 56.4 Å². The van der Waals surface area contributed by atoms with Gasteiger partial charge in [0.15, 0.2) is 0 Å². The molecule has 4 rings (SSSR count). The maximum Gasteiger partial charge on any atom is 0.248 e. The Bertz CT molecular complexity index is 788. The van der Waals surface area contributed by atoms with E-state index in [-0.39, 0.29) is 37.5 Å². The predicted octanol–water partition coefficient (Wildman–Crippen LogP) is 4.65. The quantitative estimate of drug-likeness (QED) is 0.867. The van der Waals surface area contributed by atoms with Gasteiger partial charge in [-0.25, -0.2) is 13.8 Å². The van der Waals surface area contributed by atoms with Gasteiger partial charge in [0.1, 0.15) is 5.82 Å². The number of alkyl halides is 2. The highest BCUT2D eigenvalue weighted by Crippen LogP contribution is 2.36. The number of benzene rings is 1. The molecule has 4 nitrogen and oxygen atoms in total. The lowest BCUT2D eigenvalue weighted by Gasteiger charge is -2.27. The molecule has 0 spiro atoms. The van der Waals surface area contributed by atoms with E-state index in [2.05, 4.69) is 14.9 Å². The molecule has 0 saturated heterocycles. The third-order valence-electron chi connectivity index (χ3n) is 5.50. The number of halogens is 2. The molecule has 0 bridgehead atoms. The van der Waals surface area contributed by atoms with Crippen molar-refractivity contribution in [1.29, 1.82) is 0 Å². The lowest BCUT2D eigenvalue weighted by atomic mass is 9.86.